The Morgan fingerprint density at radius 1 is 1.00 bits per heavy atom. The van der Waals surface area contributed by atoms with E-state index in [1.807, 2.05) is 0 Å². The summed E-state index contributed by atoms with van der Waals surface area (Å²) >= 11 is 2.73. The van der Waals surface area contributed by atoms with Gasteiger partial charge in [-0.2, -0.15) is 0 Å². The van der Waals surface area contributed by atoms with Gasteiger partial charge in [0.25, 0.3) is 0 Å². The zero-order valence-electron chi connectivity index (χ0n) is 10.1. The molecule has 0 radical (unpaired) electrons. The van der Waals surface area contributed by atoms with E-state index in [0.717, 1.165) is 20.3 Å². The third-order valence-corrected chi connectivity index (χ3v) is 5.00. The fraction of sp³-hybridized carbons (Fsp3) is 0. The quantitative estimate of drug-likeness (QED) is 0.768. The Hall–Kier alpha value is -2.18. The van der Waals surface area contributed by atoms with Crippen molar-refractivity contribution >= 4 is 28.6 Å². The summed E-state index contributed by atoms with van der Waals surface area (Å²) in [5.74, 6) is -0.695. The first-order chi connectivity index (χ1) is 9.63. The van der Waals surface area contributed by atoms with E-state index < -0.39 is 5.97 Å². The van der Waals surface area contributed by atoms with Crippen molar-refractivity contribution < 1.29 is 15.0 Å². The van der Waals surface area contributed by atoms with Crippen molar-refractivity contribution in [3.05, 3.63) is 47.5 Å². The minimum Gasteiger partial charge on any atom is -0.508 e. The minimum atomic E-state index is -0.912. The van der Waals surface area contributed by atoms with Gasteiger partial charge in [-0.3, -0.25) is 0 Å². The number of thiophene rings is 1. The lowest BCUT2D eigenvalue weighted by Gasteiger charge is -1.95. The van der Waals surface area contributed by atoms with Crippen molar-refractivity contribution in [2.75, 3.05) is 0 Å². The van der Waals surface area contributed by atoms with Crippen LogP contribution in [0, 0.1) is 0 Å². The molecule has 0 aliphatic rings. The minimum absolute atomic E-state index is 0.217. The molecule has 2 heterocycles. The van der Waals surface area contributed by atoms with Crippen LogP contribution >= 0.6 is 22.7 Å². The van der Waals surface area contributed by atoms with Crippen LogP contribution in [0.1, 0.15) is 9.67 Å². The zero-order valence-corrected chi connectivity index (χ0v) is 11.7. The molecule has 0 aliphatic heterocycles. The summed E-state index contributed by atoms with van der Waals surface area (Å²) < 4.78 is 0. The Labute approximate surface area is 122 Å². The molecule has 0 aliphatic carbocycles. The molecule has 3 aromatic rings. The number of thiazole rings is 1. The second-order valence-electron chi connectivity index (χ2n) is 4.05. The molecule has 0 fully saturated rings. The molecule has 20 heavy (non-hydrogen) atoms. The maximum absolute atomic E-state index is 10.9. The van der Waals surface area contributed by atoms with Gasteiger partial charge in [0.05, 0.1) is 4.88 Å². The summed E-state index contributed by atoms with van der Waals surface area (Å²) in [4.78, 5) is 17.4. The molecule has 0 saturated carbocycles. The third-order valence-electron chi connectivity index (χ3n) is 2.68. The van der Waals surface area contributed by atoms with Gasteiger partial charge in [-0.15, -0.1) is 22.7 Å². The average molecular weight is 303 g/mol. The van der Waals surface area contributed by atoms with Gasteiger partial charge < -0.3 is 10.2 Å². The number of nitrogens with zero attached hydrogens (tertiary/aromatic N) is 1. The number of carbonyl (C=O) groups is 1. The normalized spacial score (nSPS) is 10.6. The summed E-state index contributed by atoms with van der Waals surface area (Å²) in [7, 11) is 0. The smallest absolute Gasteiger partial charge is 0.345 e. The number of aromatic nitrogens is 1. The highest BCUT2D eigenvalue weighted by atomic mass is 32.1. The molecule has 0 bridgehead atoms. The summed E-state index contributed by atoms with van der Waals surface area (Å²) in [5, 5.41) is 19.0. The second-order valence-corrected chi connectivity index (χ2v) is 6.16. The highest BCUT2D eigenvalue weighted by Crippen LogP contribution is 2.36. The van der Waals surface area contributed by atoms with Crippen molar-refractivity contribution in [3.63, 3.8) is 0 Å². The van der Waals surface area contributed by atoms with Crippen LogP contribution in [0.15, 0.2) is 42.6 Å². The third kappa shape index (κ3) is 2.43. The van der Waals surface area contributed by atoms with Gasteiger partial charge in [0.2, 0.25) is 0 Å². The molecule has 0 spiro atoms. The molecule has 0 saturated heterocycles. The Balaban J connectivity index is 1.93. The first-order valence-corrected chi connectivity index (χ1v) is 7.35. The van der Waals surface area contributed by atoms with Crippen LogP contribution in [-0.2, 0) is 0 Å². The number of phenols is 1. The fourth-order valence-electron chi connectivity index (χ4n) is 1.71. The van der Waals surface area contributed by atoms with Gasteiger partial charge in [-0.05, 0) is 36.4 Å². The van der Waals surface area contributed by atoms with Gasteiger partial charge in [0, 0.05) is 16.6 Å². The molecule has 3 rings (SSSR count). The molecular weight excluding hydrogens is 294 g/mol. The second kappa shape index (κ2) is 5.07. The highest BCUT2D eigenvalue weighted by Gasteiger charge is 2.11. The van der Waals surface area contributed by atoms with E-state index in [9.17, 15) is 9.90 Å². The lowest BCUT2D eigenvalue weighted by atomic mass is 10.2. The van der Waals surface area contributed by atoms with Crippen molar-refractivity contribution in [3.8, 4) is 26.1 Å². The van der Waals surface area contributed by atoms with Crippen LogP contribution in [0.5, 0.6) is 5.75 Å². The first-order valence-electron chi connectivity index (χ1n) is 5.72. The maximum Gasteiger partial charge on any atom is 0.345 e. The van der Waals surface area contributed by atoms with Crippen molar-refractivity contribution in [1.82, 2.24) is 4.98 Å². The number of aromatic hydroxyl groups is 1. The Kier molecular flexibility index (Phi) is 3.25. The van der Waals surface area contributed by atoms with E-state index in [2.05, 4.69) is 4.98 Å². The van der Waals surface area contributed by atoms with Crippen molar-refractivity contribution in [2.24, 2.45) is 0 Å². The number of rotatable bonds is 3. The van der Waals surface area contributed by atoms with Crippen LogP contribution in [0.2, 0.25) is 0 Å². The number of benzene rings is 1. The molecule has 2 N–H and O–H groups in total. The lowest BCUT2D eigenvalue weighted by Crippen LogP contribution is -1.89. The van der Waals surface area contributed by atoms with Crippen molar-refractivity contribution in [2.45, 2.75) is 0 Å². The molecule has 0 atom stereocenters. The highest BCUT2D eigenvalue weighted by molar-refractivity contribution is 7.24. The van der Waals surface area contributed by atoms with Gasteiger partial charge in [0.15, 0.2) is 0 Å². The average Bonchev–Trinajstić information content (AvgIpc) is 3.08. The van der Waals surface area contributed by atoms with E-state index >= 15 is 0 Å². The molecular formula is C14H9NO3S2. The monoisotopic (exact) mass is 303 g/mol. The van der Waals surface area contributed by atoms with Crippen molar-refractivity contribution in [1.29, 1.82) is 0 Å². The number of hydrogen-bond acceptors (Lipinski definition) is 5. The molecule has 2 aromatic heterocycles. The number of phenolic OH excluding ortho intramolecular Hbond substituents is 1. The molecule has 4 nitrogen and oxygen atoms in total. The molecule has 6 heteroatoms. The summed E-state index contributed by atoms with van der Waals surface area (Å²) in [6.45, 7) is 0. The molecule has 0 amide bonds. The van der Waals surface area contributed by atoms with Crippen LogP contribution in [0.25, 0.3) is 20.3 Å². The largest absolute Gasteiger partial charge is 0.508 e. The van der Waals surface area contributed by atoms with Crippen LogP contribution in [0.4, 0.5) is 0 Å². The van der Waals surface area contributed by atoms with Crippen LogP contribution in [0.3, 0.4) is 0 Å². The lowest BCUT2D eigenvalue weighted by molar-refractivity contribution is 0.0702. The number of hydrogen-bond donors (Lipinski definition) is 2. The maximum atomic E-state index is 10.9. The van der Waals surface area contributed by atoms with E-state index in [4.69, 9.17) is 5.11 Å². The van der Waals surface area contributed by atoms with E-state index in [-0.39, 0.29) is 5.75 Å². The Morgan fingerprint density at radius 3 is 2.40 bits per heavy atom. The zero-order chi connectivity index (χ0) is 14.1. The fourth-order valence-corrected chi connectivity index (χ4v) is 3.55. The predicted molar refractivity (Wildman–Crippen MR) is 79.5 cm³/mol. The van der Waals surface area contributed by atoms with Crippen LogP contribution < -0.4 is 0 Å². The van der Waals surface area contributed by atoms with Gasteiger partial charge in [-0.1, -0.05) is 0 Å². The Morgan fingerprint density at radius 2 is 1.75 bits per heavy atom. The summed E-state index contributed by atoms with van der Waals surface area (Å²) in [6, 6.07) is 10.2. The standard InChI is InChI=1S/C14H9NO3S2/c16-9-3-1-8(2-4-9)13-15-7-12(20-13)10-5-6-11(19-10)14(17)18/h1-7,16H,(H,17,18). The van der Waals surface area contributed by atoms with E-state index in [0.29, 0.717) is 4.88 Å². The summed E-state index contributed by atoms with van der Waals surface area (Å²) in [6.07, 6.45) is 1.74. The van der Waals surface area contributed by atoms with E-state index in [1.165, 1.54) is 22.7 Å². The van der Waals surface area contributed by atoms with Gasteiger partial charge in [-0.25, -0.2) is 9.78 Å². The first kappa shape index (κ1) is 12.8. The number of carboxylic acids is 1. The van der Waals surface area contributed by atoms with Crippen LogP contribution in [-0.4, -0.2) is 21.2 Å². The SMILES string of the molecule is O=C(O)c1ccc(-c2cnc(-c3ccc(O)cc3)s2)s1. The topological polar surface area (TPSA) is 70.4 Å². The Bertz CT molecular complexity index is 759. The van der Waals surface area contributed by atoms with Gasteiger partial charge >= 0.3 is 5.97 Å². The van der Waals surface area contributed by atoms with Gasteiger partial charge in [0.1, 0.15) is 15.6 Å². The molecule has 0 unspecified atom stereocenters. The number of carboxylic acid groups (broad SMARTS) is 1. The van der Waals surface area contributed by atoms with E-state index in [1.54, 1.807) is 42.6 Å². The molecule has 100 valence electrons. The molecule has 1 aromatic carbocycles. The number of aromatic carboxylic acids is 1. The predicted octanol–water partition coefficient (Wildman–Crippen LogP) is 3.94. The summed E-state index contributed by atoms with van der Waals surface area (Å²) in [5.41, 5.74) is 0.925.